The molecular formula is C9H17N3O2. The Bertz CT molecular complexity index is 263. The summed E-state index contributed by atoms with van der Waals surface area (Å²) in [6.07, 6.45) is 0.623. The fourth-order valence-corrected chi connectivity index (χ4v) is 1.68. The largest absolute Gasteiger partial charge is 0.330 e. The first kappa shape index (κ1) is 11.0. The summed E-state index contributed by atoms with van der Waals surface area (Å²) >= 11 is 0. The van der Waals surface area contributed by atoms with E-state index in [0.29, 0.717) is 13.0 Å². The van der Waals surface area contributed by atoms with Crippen LogP contribution in [0.3, 0.4) is 0 Å². The molecule has 3 amide bonds. The molecular weight excluding hydrogens is 182 g/mol. The highest BCUT2D eigenvalue weighted by Gasteiger charge is 2.42. The summed E-state index contributed by atoms with van der Waals surface area (Å²) in [6, 6.07) is -0.228. The van der Waals surface area contributed by atoms with Gasteiger partial charge in [-0.2, -0.15) is 0 Å². The molecule has 1 aliphatic heterocycles. The predicted molar refractivity (Wildman–Crippen MR) is 52.6 cm³/mol. The fraction of sp³-hybridized carbons (Fsp3) is 0.778. The monoisotopic (exact) mass is 199 g/mol. The Morgan fingerprint density at radius 3 is 2.36 bits per heavy atom. The smallest absolute Gasteiger partial charge is 0.327 e. The van der Waals surface area contributed by atoms with Crippen LogP contribution < -0.4 is 5.73 Å². The highest BCUT2D eigenvalue weighted by atomic mass is 16.2. The van der Waals surface area contributed by atoms with Gasteiger partial charge in [-0.05, 0) is 26.8 Å². The van der Waals surface area contributed by atoms with Gasteiger partial charge < -0.3 is 10.6 Å². The van der Waals surface area contributed by atoms with Crippen LogP contribution in [0.25, 0.3) is 0 Å². The van der Waals surface area contributed by atoms with Crippen LogP contribution in [0, 0.1) is 0 Å². The van der Waals surface area contributed by atoms with Gasteiger partial charge in [0, 0.05) is 12.6 Å². The van der Waals surface area contributed by atoms with Gasteiger partial charge in [0.2, 0.25) is 0 Å². The third-order valence-corrected chi connectivity index (χ3v) is 2.50. The third-order valence-electron chi connectivity index (χ3n) is 2.50. The summed E-state index contributed by atoms with van der Waals surface area (Å²) in [4.78, 5) is 25.9. The third kappa shape index (κ3) is 1.72. The highest BCUT2D eigenvalue weighted by Crippen LogP contribution is 2.23. The minimum absolute atomic E-state index is 0.143. The number of hydrogen-bond donors (Lipinski definition) is 1. The number of carbonyl (C=O) groups excluding carboxylic acids is 2. The van der Waals surface area contributed by atoms with Crippen molar-refractivity contribution < 1.29 is 9.59 Å². The van der Waals surface area contributed by atoms with Crippen molar-refractivity contribution in [1.29, 1.82) is 0 Å². The second kappa shape index (κ2) is 3.57. The van der Waals surface area contributed by atoms with Gasteiger partial charge in [0.1, 0.15) is 6.54 Å². The van der Waals surface area contributed by atoms with E-state index in [1.807, 2.05) is 13.8 Å². The van der Waals surface area contributed by atoms with Crippen molar-refractivity contribution in [3.63, 3.8) is 0 Å². The quantitative estimate of drug-likeness (QED) is 0.651. The van der Waals surface area contributed by atoms with Crippen LogP contribution in [0.4, 0.5) is 4.79 Å². The Hall–Kier alpha value is -1.10. The fourth-order valence-electron chi connectivity index (χ4n) is 1.68. The number of carbonyl (C=O) groups is 2. The number of urea groups is 1. The SMILES string of the molecule is CN1CC(=O)N(C(C)(C)CCN)C1=O. The molecule has 0 aromatic rings. The van der Waals surface area contributed by atoms with E-state index < -0.39 is 5.54 Å². The minimum atomic E-state index is -0.478. The van der Waals surface area contributed by atoms with Gasteiger partial charge in [0.25, 0.3) is 5.91 Å². The first-order chi connectivity index (χ1) is 6.40. The molecule has 5 nitrogen and oxygen atoms in total. The number of nitrogens with two attached hydrogens (primary N) is 1. The van der Waals surface area contributed by atoms with Gasteiger partial charge in [-0.15, -0.1) is 0 Å². The van der Waals surface area contributed by atoms with Gasteiger partial charge in [-0.3, -0.25) is 9.69 Å². The van der Waals surface area contributed by atoms with E-state index in [2.05, 4.69) is 0 Å². The summed E-state index contributed by atoms with van der Waals surface area (Å²) < 4.78 is 0. The molecule has 1 rings (SSSR count). The van der Waals surface area contributed by atoms with E-state index in [1.54, 1.807) is 7.05 Å². The van der Waals surface area contributed by atoms with Gasteiger partial charge in [-0.1, -0.05) is 0 Å². The van der Waals surface area contributed by atoms with E-state index in [4.69, 9.17) is 5.73 Å². The molecule has 0 aliphatic carbocycles. The van der Waals surface area contributed by atoms with Crippen molar-refractivity contribution in [3.8, 4) is 0 Å². The molecule has 0 atom stereocenters. The second-order valence-electron chi connectivity index (χ2n) is 4.22. The van der Waals surface area contributed by atoms with Crippen molar-refractivity contribution >= 4 is 11.9 Å². The topological polar surface area (TPSA) is 66.6 Å². The number of amides is 3. The Morgan fingerprint density at radius 2 is 2.00 bits per heavy atom. The zero-order valence-electron chi connectivity index (χ0n) is 8.91. The van der Waals surface area contributed by atoms with Crippen molar-refractivity contribution in [2.75, 3.05) is 20.1 Å². The average Bonchev–Trinajstić information content (AvgIpc) is 2.26. The lowest BCUT2D eigenvalue weighted by atomic mass is 9.99. The highest BCUT2D eigenvalue weighted by molar-refractivity contribution is 6.02. The maximum atomic E-state index is 11.6. The number of likely N-dealkylation sites (N-methyl/N-ethyl adjacent to an activating group) is 1. The maximum Gasteiger partial charge on any atom is 0.327 e. The van der Waals surface area contributed by atoms with Crippen molar-refractivity contribution in [2.45, 2.75) is 25.8 Å². The van der Waals surface area contributed by atoms with Crippen LogP contribution in [0.15, 0.2) is 0 Å². The molecule has 0 spiro atoms. The van der Waals surface area contributed by atoms with Crippen LogP contribution in [-0.2, 0) is 4.79 Å². The molecule has 0 bridgehead atoms. The van der Waals surface area contributed by atoms with Gasteiger partial charge in [0.15, 0.2) is 0 Å². The second-order valence-corrected chi connectivity index (χ2v) is 4.22. The summed E-state index contributed by atoms with van der Waals surface area (Å²) in [5.41, 5.74) is 4.97. The van der Waals surface area contributed by atoms with Crippen molar-refractivity contribution in [2.24, 2.45) is 5.73 Å². The molecule has 0 aromatic carbocycles. The Balaban J connectivity index is 2.86. The van der Waals surface area contributed by atoms with Crippen LogP contribution in [-0.4, -0.2) is 47.4 Å². The summed E-state index contributed by atoms with van der Waals surface area (Å²) in [7, 11) is 1.62. The number of hydrogen-bond acceptors (Lipinski definition) is 3. The Kier molecular flexibility index (Phi) is 2.80. The van der Waals surface area contributed by atoms with Gasteiger partial charge in [-0.25, -0.2) is 4.79 Å². The zero-order valence-corrected chi connectivity index (χ0v) is 8.91. The van der Waals surface area contributed by atoms with Crippen molar-refractivity contribution in [1.82, 2.24) is 9.80 Å². The number of nitrogens with zero attached hydrogens (tertiary/aromatic N) is 2. The Morgan fingerprint density at radius 1 is 1.43 bits per heavy atom. The van der Waals surface area contributed by atoms with Crippen LogP contribution in [0.5, 0.6) is 0 Å². The van der Waals surface area contributed by atoms with Crippen molar-refractivity contribution in [3.05, 3.63) is 0 Å². The molecule has 1 saturated heterocycles. The normalized spacial score (nSPS) is 18.3. The molecule has 2 N–H and O–H groups in total. The number of imide groups is 1. The average molecular weight is 199 g/mol. The van der Waals surface area contributed by atoms with Crippen LogP contribution in [0.2, 0.25) is 0 Å². The van der Waals surface area contributed by atoms with Crippen LogP contribution in [0.1, 0.15) is 20.3 Å². The van der Waals surface area contributed by atoms with E-state index in [1.165, 1.54) is 9.80 Å². The van der Waals surface area contributed by atoms with E-state index in [-0.39, 0.29) is 18.5 Å². The molecule has 0 saturated carbocycles. The molecule has 0 aromatic heterocycles. The van der Waals surface area contributed by atoms with E-state index >= 15 is 0 Å². The first-order valence-corrected chi connectivity index (χ1v) is 4.68. The van der Waals surface area contributed by atoms with Gasteiger partial charge >= 0.3 is 6.03 Å². The molecule has 0 unspecified atom stereocenters. The Labute approximate surface area is 83.8 Å². The molecule has 80 valence electrons. The lowest BCUT2D eigenvalue weighted by Gasteiger charge is -2.32. The first-order valence-electron chi connectivity index (χ1n) is 4.68. The predicted octanol–water partition coefficient (Wildman–Crippen LogP) is 0.00780. The summed E-state index contributed by atoms with van der Waals surface area (Å²) in [5.74, 6) is -0.143. The summed E-state index contributed by atoms with van der Waals surface area (Å²) in [6.45, 7) is 4.35. The molecule has 14 heavy (non-hydrogen) atoms. The molecule has 1 heterocycles. The summed E-state index contributed by atoms with van der Waals surface area (Å²) in [5, 5.41) is 0. The standard InChI is InChI=1S/C9H17N3O2/c1-9(2,4-5-10)12-7(13)6-11(3)8(12)14/h4-6,10H2,1-3H3. The minimum Gasteiger partial charge on any atom is -0.330 e. The zero-order chi connectivity index (χ0) is 10.9. The maximum absolute atomic E-state index is 11.6. The van der Waals surface area contributed by atoms with Crippen LogP contribution >= 0.6 is 0 Å². The van der Waals surface area contributed by atoms with E-state index in [9.17, 15) is 9.59 Å². The molecule has 0 radical (unpaired) electrons. The molecule has 5 heteroatoms. The lowest BCUT2D eigenvalue weighted by molar-refractivity contribution is -0.128. The van der Waals surface area contributed by atoms with E-state index in [0.717, 1.165) is 0 Å². The molecule has 1 aliphatic rings. The molecule has 1 fully saturated rings. The lowest BCUT2D eigenvalue weighted by Crippen LogP contribution is -2.49. The van der Waals surface area contributed by atoms with Gasteiger partial charge in [0.05, 0.1) is 0 Å². The number of rotatable bonds is 3.